The van der Waals surface area contributed by atoms with E-state index in [0.717, 1.165) is 40.9 Å². The zero-order valence-corrected chi connectivity index (χ0v) is 12.3. The van der Waals surface area contributed by atoms with Crippen molar-refractivity contribution in [1.82, 2.24) is 0 Å². The van der Waals surface area contributed by atoms with Crippen molar-refractivity contribution in [1.29, 1.82) is 0 Å². The molecule has 4 atom stereocenters. The maximum absolute atomic E-state index is 2.58. The van der Waals surface area contributed by atoms with Gasteiger partial charge in [-0.1, -0.05) is 20.8 Å². The molecule has 7 aliphatic rings. The van der Waals surface area contributed by atoms with Crippen molar-refractivity contribution in [3.05, 3.63) is 0 Å². The Hall–Kier alpha value is 0. The smallest absolute Gasteiger partial charge is 0.0184 e. The predicted octanol–water partition coefficient (Wildman–Crippen LogP) is 4.74. The van der Waals surface area contributed by atoms with Gasteiger partial charge in [-0.05, 0) is 90.8 Å². The molecule has 0 nitrogen and oxygen atoms in total. The molecule has 4 unspecified atom stereocenters. The van der Waals surface area contributed by atoms with E-state index >= 15 is 0 Å². The zero-order valence-electron chi connectivity index (χ0n) is 12.3. The number of hydrogen-bond acceptors (Lipinski definition) is 0. The highest BCUT2D eigenvalue weighted by Crippen LogP contribution is 2.79. The maximum atomic E-state index is 2.58. The van der Waals surface area contributed by atoms with Crippen molar-refractivity contribution < 1.29 is 0 Å². The quantitative estimate of drug-likeness (QED) is 0.577. The third kappa shape index (κ3) is 0.937. The Morgan fingerprint density at radius 3 is 1.83 bits per heavy atom. The van der Waals surface area contributed by atoms with E-state index in [-0.39, 0.29) is 0 Å². The second-order valence-corrected chi connectivity index (χ2v) is 9.61. The Morgan fingerprint density at radius 2 is 1.28 bits per heavy atom. The van der Waals surface area contributed by atoms with Gasteiger partial charge in [0.1, 0.15) is 0 Å². The first-order chi connectivity index (χ1) is 8.50. The minimum absolute atomic E-state index is 0.561. The minimum atomic E-state index is 0.561. The van der Waals surface area contributed by atoms with Crippen LogP contribution >= 0.6 is 0 Å². The third-order valence-corrected chi connectivity index (χ3v) is 8.47. The van der Waals surface area contributed by atoms with Crippen LogP contribution in [-0.4, -0.2) is 0 Å². The second kappa shape index (κ2) is 2.86. The molecule has 100 valence electrons. The van der Waals surface area contributed by atoms with Crippen LogP contribution in [0.2, 0.25) is 0 Å². The topological polar surface area (TPSA) is 0 Å². The van der Waals surface area contributed by atoms with Gasteiger partial charge in [-0.2, -0.15) is 0 Å². The molecule has 0 saturated heterocycles. The number of rotatable bonds is 0. The van der Waals surface area contributed by atoms with Gasteiger partial charge in [0, 0.05) is 0 Å². The molecular weight excluding hydrogens is 216 g/mol. The van der Waals surface area contributed by atoms with Gasteiger partial charge in [-0.3, -0.25) is 0 Å². The summed E-state index contributed by atoms with van der Waals surface area (Å²) in [4.78, 5) is 0. The van der Waals surface area contributed by atoms with Crippen molar-refractivity contribution in [3.8, 4) is 0 Å². The molecule has 0 aromatic heterocycles. The van der Waals surface area contributed by atoms with Crippen LogP contribution in [0.25, 0.3) is 0 Å². The van der Waals surface area contributed by atoms with E-state index in [1.807, 2.05) is 0 Å². The summed E-state index contributed by atoms with van der Waals surface area (Å²) in [5.41, 5.74) is 1.32. The molecule has 7 fully saturated rings. The molecule has 0 aromatic rings. The summed E-state index contributed by atoms with van der Waals surface area (Å²) in [6.07, 6.45) is 9.74. The summed E-state index contributed by atoms with van der Waals surface area (Å²) in [7, 11) is 0. The molecule has 0 aliphatic heterocycles. The van der Waals surface area contributed by atoms with E-state index in [1.165, 1.54) is 5.92 Å². The van der Waals surface area contributed by atoms with E-state index in [4.69, 9.17) is 0 Å². The van der Waals surface area contributed by atoms with Gasteiger partial charge < -0.3 is 0 Å². The first-order valence-electron chi connectivity index (χ1n) is 8.50. The van der Waals surface area contributed by atoms with E-state index in [1.54, 1.807) is 38.5 Å². The van der Waals surface area contributed by atoms with Crippen molar-refractivity contribution in [2.75, 3.05) is 0 Å². The monoisotopic (exact) mass is 244 g/mol. The van der Waals surface area contributed by atoms with Gasteiger partial charge in [0.25, 0.3) is 0 Å². The third-order valence-electron chi connectivity index (χ3n) is 8.47. The Morgan fingerprint density at radius 1 is 0.722 bits per heavy atom. The molecule has 0 N–H and O–H groups in total. The van der Waals surface area contributed by atoms with Gasteiger partial charge in [0.05, 0.1) is 0 Å². The Labute approximate surface area is 112 Å². The minimum Gasteiger partial charge on any atom is -0.0596 e. The van der Waals surface area contributed by atoms with Crippen LogP contribution in [0.5, 0.6) is 0 Å². The largest absolute Gasteiger partial charge is 0.0596 e. The summed E-state index contributed by atoms with van der Waals surface area (Å²) in [5, 5.41) is 0. The molecule has 0 heteroatoms. The van der Waals surface area contributed by atoms with Crippen LogP contribution in [0.4, 0.5) is 0 Å². The molecule has 0 heterocycles. The van der Waals surface area contributed by atoms with Gasteiger partial charge in [0.15, 0.2) is 0 Å². The molecule has 7 saturated carbocycles. The van der Waals surface area contributed by atoms with Crippen LogP contribution < -0.4 is 0 Å². The molecule has 0 aromatic carbocycles. The lowest BCUT2D eigenvalue weighted by Gasteiger charge is -2.77. The molecule has 18 heavy (non-hydrogen) atoms. The van der Waals surface area contributed by atoms with E-state index in [9.17, 15) is 0 Å². The lowest BCUT2D eigenvalue weighted by molar-refractivity contribution is -0.288. The fourth-order valence-electron chi connectivity index (χ4n) is 8.37. The fraction of sp³-hybridized carbons (Fsp3) is 1.00. The summed E-state index contributed by atoms with van der Waals surface area (Å²) in [6, 6.07) is 0. The normalized spacial score (nSPS) is 63.8. The van der Waals surface area contributed by atoms with E-state index in [2.05, 4.69) is 20.8 Å². The highest BCUT2D eigenvalue weighted by molar-refractivity contribution is 5.20. The predicted molar refractivity (Wildman–Crippen MR) is 74.0 cm³/mol. The van der Waals surface area contributed by atoms with Gasteiger partial charge in [0.2, 0.25) is 0 Å². The van der Waals surface area contributed by atoms with Crippen LogP contribution in [0, 0.1) is 52.3 Å². The number of hydrogen-bond donors (Lipinski definition) is 0. The van der Waals surface area contributed by atoms with Crippen LogP contribution in [0.3, 0.4) is 0 Å². The van der Waals surface area contributed by atoms with E-state index < -0.39 is 0 Å². The van der Waals surface area contributed by atoms with Crippen molar-refractivity contribution >= 4 is 0 Å². The molecular formula is C18H28. The highest BCUT2D eigenvalue weighted by atomic mass is 14.8. The fourth-order valence-corrected chi connectivity index (χ4v) is 8.37. The molecule has 0 spiro atoms. The van der Waals surface area contributed by atoms with Crippen LogP contribution in [0.15, 0.2) is 0 Å². The SMILES string of the molecule is CC(C)(C)C12CC3CC4C5CC(CC41)CC2C5C3. The lowest BCUT2D eigenvalue weighted by atomic mass is 9.27. The average Bonchev–Trinajstić information content (AvgIpc) is 2.33. The second-order valence-electron chi connectivity index (χ2n) is 9.61. The maximum Gasteiger partial charge on any atom is -0.0184 e. The molecule has 0 amide bonds. The van der Waals surface area contributed by atoms with Gasteiger partial charge in [-0.15, -0.1) is 0 Å². The summed E-state index contributed by atoms with van der Waals surface area (Å²) < 4.78 is 0. The van der Waals surface area contributed by atoms with Crippen molar-refractivity contribution in [2.45, 2.75) is 59.3 Å². The summed E-state index contributed by atoms with van der Waals surface area (Å²) in [5.74, 6) is 8.03. The molecule has 8 bridgehead atoms. The molecule has 7 aliphatic carbocycles. The summed E-state index contributed by atoms with van der Waals surface area (Å²) in [6.45, 7) is 7.74. The van der Waals surface area contributed by atoms with Crippen molar-refractivity contribution in [2.24, 2.45) is 52.3 Å². The lowest BCUT2D eigenvalue weighted by Crippen LogP contribution is -2.70. The first kappa shape index (κ1) is 10.7. The van der Waals surface area contributed by atoms with Crippen molar-refractivity contribution in [3.63, 3.8) is 0 Å². The van der Waals surface area contributed by atoms with Gasteiger partial charge in [-0.25, -0.2) is 0 Å². The first-order valence-corrected chi connectivity index (χ1v) is 8.50. The van der Waals surface area contributed by atoms with Crippen LogP contribution in [-0.2, 0) is 0 Å². The Balaban J connectivity index is 1.72. The Bertz CT molecular complexity index is 377. The Kier molecular flexibility index (Phi) is 1.71. The standard InChI is InChI=1S/C18H28/c1-17(2,3)18-9-11-5-13-12-4-10(7-15(13)18)8-16(18)14(12)6-11/h10-16H,4-9H2,1-3H3. The summed E-state index contributed by atoms with van der Waals surface area (Å²) >= 11 is 0. The zero-order chi connectivity index (χ0) is 12.3. The molecule has 0 radical (unpaired) electrons. The van der Waals surface area contributed by atoms with Crippen LogP contribution in [0.1, 0.15) is 59.3 Å². The van der Waals surface area contributed by atoms with Gasteiger partial charge >= 0.3 is 0 Å². The average molecular weight is 244 g/mol. The molecule has 7 rings (SSSR count). The highest BCUT2D eigenvalue weighted by Gasteiger charge is 2.72. The van der Waals surface area contributed by atoms with E-state index in [0.29, 0.717) is 5.41 Å².